The number of aromatic nitrogens is 1. The standard InChI is InChI=1S/C21H28N4O3S/c1-16-4-6-18(7-5-16)20(27)25(9-3-8-24-10-12-28-13-11-24)15-19(26)23-21-22-14-17(2)29-21/h4-7,14H,3,8-13,15H2,1-2H3,(H,22,23,26). The van der Waals surface area contributed by atoms with Gasteiger partial charge in [-0.15, -0.1) is 11.3 Å². The molecule has 7 nitrogen and oxygen atoms in total. The molecule has 1 saturated heterocycles. The fourth-order valence-corrected chi connectivity index (χ4v) is 3.87. The van der Waals surface area contributed by atoms with Crippen molar-refractivity contribution in [2.45, 2.75) is 20.3 Å². The molecule has 0 bridgehead atoms. The molecule has 1 N–H and O–H groups in total. The Bertz CT molecular complexity index is 816. The van der Waals surface area contributed by atoms with Gasteiger partial charge in [0.25, 0.3) is 5.91 Å². The highest BCUT2D eigenvalue weighted by atomic mass is 32.1. The molecule has 1 aromatic carbocycles. The lowest BCUT2D eigenvalue weighted by molar-refractivity contribution is -0.116. The zero-order valence-corrected chi connectivity index (χ0v) is 17.8. The number of nitrogens with zero attached hydrogens (tertiary/aromatic N) is 3. The predicted molar refractivity (Wildman–Crippen MR) is 114 cm³/mol. The number of ether oxygens (including phenoxy) is 1. The number of rotatable bonds is 8. The fourth-order valence-electron chi connectivity index (χ4n) is 3.19. The average molecular weight is 417 g/mol. The van der Waals surface area contributed by atoms with E-state index in [4.69, 9.17) is 4.74 Å². The van der Waals surface area contributed by atoms with Crippen LogP contribution in [0.4, 0.5) is 5.13 Å². The Morgan fingerprint density at radius 1 is 1.21 bits per heavy atom. The highest BCUT2D eigenvalue weighted by Crippen LogP contribution is 2.16. The quantitative estimate of drug-likeness (QED) is 0.716. The Balaban J connectivity index is 1.61. The van der Waals surface area contributed by atoms with E-state index >= 15 is 0 Å². The molecule has 3 rings (SSSR count). The van der Waals surface area contributed by atoms with E-state index in [2.05, 4.69) is 15.2 Å². The largest absolute Gasteiger partial charge is 0.379 e. The molecule has 8 heteroatoms. The minimum absolute atomic E-state index is 0.00838. The third-order valence-electron chi connectivity index (χ3n) is 4.79. The van der Waals surface area contributed by atoms with Crippen molar-refractivity contribution in [3.05, 3.63) is 46.5 Å². The van der Waals surface area contributed by atoms with E-state index < -0.39 is 0 Å². The molecule has 1 aromatic heterocycles. The van der Waals surface area contributed by atoms with Crippen molar-refractivity contribution in [2.75, 3.05) is 51.3 Å². The molecule has 0 aliphatic carbocycles. The molecule has 1 aliphatic heterocycles. The lowest BCUT2D eigenvalue weighted by Gasteiger charge is -2.28. The van der Waals surface area contributed by atoms with Gasteiger partial charge in [0.15, 0.2) is 5.13 Å². The Hall–Kier alpha value is -2.29. The minimum atomic E-state index is -0.230. The van der Waals surface area contributed by atoms with Crippen LogP contribution >= 0.6 is 11.3 Å². The first-order valence-corrected chi connectivity index (χ1v) is 10.7. The van der Waals surface area contributed by atoms with E-state index in [1.807, 2.05) is 38.1 Å². The van der Waals surface area contributed by atoms with Crippen LogP contribution in [0.15, 0.2) is 30.5 Å². The molecule has 29 heavy (non-hydrogen) atoms. The number of morpholine rings is 1. The zero-order valence-electron chi connectivity index (χ0n) is 17.0. The van der Waals surface area contributed by atoms with E-state index in [9.17, 15) is 9.59 Å². The lowest BCUT2D eigenvalue weighted by atomic mass is 10.1. The second kappa shape index (κ2) is 10.5. The van der Waals surface area contributed by atoms with Crippen LogP contribution in [0.5, 0.6) is 0 Å². The molecule has 0 atom stereocenters. The molecule has 0 spiro atoms. The molecular weight excluding hydrogens is 388 g/mol. The summed E-state index contributed by atoms with van der Waals surface area (Å²) in [5.74, 6) is -0.358. The van der Waals surface area contributed by atoms with Crippen molar-refractivity contribution in [3.63, 3.8) is 0 Å². The first kappa shape index (κ1) is 21.4. The van der Waals surface area contributed by atoms with Crippen molar-refractivity contribution in [2.24, 2.45) is 0 Å². The van der Waals surface area contributed by atoms with Crippen LogP contribution in [-0.4, -0.2) is 72.5 Å². The maximum Gasteiger partial charge on any atom is 0.254 e. The van der Waals surface area contributed by atoms with E-state index in [0.29, 0.717) is 17.2 Å². The number of nitrogens with one attached hydrogen (secondary N) is 1. The van der Waals surface area contributed by atoms with Crippen LogP contribution < -0.4 is 5.32 Å². The van der Waals surface area contributed by atoms with Gasteiger partial charge in [0.1, 0.15) is 6.54 Å². The van der Waals surface area contributed by atoms with Gasteiger partial charge in [-0.25, -0.2) is 4.98 Å². The summed E-state index contributed by atoms with van der Waals surface area (Å²) < 4.78 is 5.38. The third-order valence-corrected chi connectivity index (χ3v) is 5.62. The molecule has 1 fully saturated rings. The van der Waals surface area contributed by atoms with Crippen molar-refractivity contribution < 1.29 is 14.3 Å². The Labute approximate surface area is 175 Å². The van der Waals surface area contributed by atoms with Crippen LogP contribution in [0.2, 0.25) is 0 Å². The molecule has 0 saturated carbocycles. The molecule has 156 valence electrons. The van der Waals surface area contributed by atoms with Crippen molar-refractivity contribution in [3.8, 4) is 0 Å². The van der Waals surface area contributed by atoms with Crippen molar-refractivity contribution in [1.82, 2.24) is 14.8 Å². The summed E-state index contributed by atoms with van der Waals surface area (Å²) in [6.45, 7) is 8.66. The average Bonchev–Trinajstić information content (AvgIpc) is 3.12. The molecule has 2 amide bonds. The van der Waals surface area contributed by atoms with E-state index in [0.717, 1.165) is 49.7 Å². The molecular formula is C21H28N4O3S. The molecule has 2 aromatic rings. The SMILES string of the molecule is Cc1ccc(C(=O)N(CCCN2CCOCC2)CC(=O)Nc2ncc(C)s2)cc1. The van der Waals surface area contributed by atoms with Gasteiger partial charge in [0.05, 0.1) is 13.2 Å². The summed E-state index contributed by atoms with van der Waals surface area (Å²) in [6, 6.07) is 7.46. The summed E-state index contributed by atoms with van der Waals surface area (Å²) in [5.41, 5.74) is 1.69. The first-order valence-electron chi connectivity index (χ1n) is 9.89. The van der Waals surface area contributed by atoms with Gasteiger partial charge in [-0.05, 0) is 32.4 Å². The van der Waals surface area contributed by atoms with Gasteiger partial charge in [0.2, 0.25) is 5.91 Å². The van der Waals surface area contributed by atoms with Gasteiger partial charge in [-0.2, -0.15) is 0 Å². The van der Waals surface area contributed by atoms with Gasteiger partial charge >= 0.3 is 0 Å². The summed E-state index contributed by atoms with van der Waals surface area (Å²) in [4.78, 5) is 34.7. The van der Waals surface area contributed by atoms with Crippen LogP contribution in [0, 0.1) is 13.8 Å². The monoisotopic (exact) mass is 416 g/mol. The lowest BCUT2D eigenvalue weighted by Crippen LogP contribution is -2.41. The first-order chi connectivity index (χ1) is 14.0. The van der Waals surface area contributed by atoms with Gasteiger partial charge in [0, 0.05) is 42.8 Å². The van der Waals surface area contributed by atoms with Crippen LogP contribution in [0.25, 0.3) is 0 Å². The smallest absolute Gasteiger partial charge is 0.254 e. The Morgan fingerprint density at radius 3 is 2.59 bits per heavy atom. The number of carbonyl (C=O) groups is 2. The van der Waals surface area contributed by atoms with E-state index in [1.54, 1.807) is 11.1 Å². The zero-order chi connectivity index (χ0) is 20.6. The van der Waals surface area contributed by atoms with Crippen LogP contribution in [0.1, 0.15) is 27.2 Å². The number of hydrogen-bond acceptors (Lipinski definition) is 6. The number of aryl methyl sites for hydroxylation is 2. The topological polar surface area (TPSA) is 74.8 Å². The third kappa shape index (κ3) is 6.62. The summed E-state index contributed by atoms with van der Waals surface area (Å²) in [5, 5.41) is 3.35. The van der Waals surface area contributed by atoms with E-state index in [1.165, 1.54) is 11.3 Å². The van der Waals surface area contributed by atoms with Crippen molar-refractivity contribution in [1.29, 1.82) is 0 Å². The second-order valence-corrected chi connectivity index (χ2v) is 8.46. The number of benzene rings is 1. The van der Waals surface area contributed by atoms with Crippen LogP contribution in [-0.2, 0) is 9.53 Å². The second-order valence-electron chi connectivity index (χ2n) is 7.22. The van der Waals surface area contributed by atoms with E-state index in [-0.39, 0.29) is 18.4 Å². The molecule has 0 radical (unpaired) electrons. The summed E-state index contributed by atoms with van der Waals surface area (Å²) in [6.07, 6.45) is 2.53. The van der Waals surface area contributed by atoms with Gasteiger partial charge < -0.3 is 15.0 Å². The van der Waals surface area contributed by atoms with Gasteiger partial charge in [-0.3, -0.25) is 14.5 Å². The maximum atomic E-state index is 13.0. The minimum Gasteiger partial charge on any atom is -0.379 e. The van der Waals surface area contributed by atoms with Crippen LogP contribution in [0.3, 0.4) is 0 Å². The normalized spacial score (nSPS) is 14.6. The Kier molecular flexibility index (Phi) is 7.74. The number of anilines is 1. The maximum absolute atomic E-state index is 13.0. The Morgan fingerprint density at radius 2 is 1.93 bits per heavy atom. The van der Waals surface area contributed by atoms with Crippen molar-refractivity contribution >= 4 is 28.3 Å². The molecule has 0 unspecified atom stereocenters. The number of hydrogen-bond donors (Lipinski definition) is 1. The molecule has 2 heterocycles. The summed E-state index contributed by atoms with van der Waals surface area (Å²) in [7, 11) is 0. The molecule has 1 aliphatic rings. The number of carbonyl (C=O) groups excluding carboxylic acids is 2. The summed E-state index contributed by atoms with van der Waals surface area (Å²) >= 11 is 1.42. The fraction of sp³-hybridized carbons (Fsp3) is 0.476. The predicted octanol–water partition coefficient (Wildman–Crippen LogP) is 2.56. The number of amides is 2. The number of thiazole rings is 1. The highest BCUT2D eigenvalue weighted by molar-refractivity contribution is 7.15. The van der Waals surface area contributed by atoms with Gasteiger partial charge in [-0.1, -0.05) is 17.7 Å². The highest BCUT2D eigenvalue weighted by Gasteiger charge is 2.20.